The number of carbonyl (C=O) groups is 1. The summed E-state index contributed by atoms with van der Waals surface area (Å²) >= 11 is 1.48. The van der Waals surface area contributed by atoms with E-state index in [1.165, 1.54) is 11.3 Å². The van der Waals surface area contributed by atoms with Gasteiger partial charge in [-0.15, -0.1) is 11.3 Å². The number of rotatable bonds is 7. The van der Waals surface area contributed by atoms with Gasteiger partial charge in [-0.25, -0.2) is 4.98 Å². The third-order valence-electron chi connectivity index (χ3n) is 3.65. The van der Waals surface area contributed by atoms with E-state index in [0.717, 1.165) is 22.8 Å². The molecule has 0 aliphatic carbocycles. The second-order valence-electron chi connectivity index (χ2n) is 5.28. The van der Waals surface area contributed by atoms with Crippen LogP contribution >= 0.6 is 11.3 Å². The van der Waals surface area contributed by atoms with Crippen molar-refractivity contribution in [3.8, 4) is 10.7 Å². The van der Waals surface area contributed by atoms with Gasteiger partial charge >= 0.3 is 0 Å². The van der Waals surface area contributed by atoms with Crippen LogP contribution in [0, 0.1) is 5.92 Å². The van der Waals surface area contributed by atoms with E-state index in [-0.39, 0.29) is 30.9 Å². The number of aromatic nitrogens is 2. The zero-order valence-corrected chi connectivity index (χ0v) is 13.6. The molecule has 0 aliphatic rings. The van der Waals surface area contributed by atoms with Gasteiger partial charge in [0, 0.05) is 11.6 Å². The summed E-state index contributed by atoms with van der Waals surface area (Å²) in [4.78, 5) is 20.8. The first-order chi connectivity index (χ1) is 10.6. The average molecular weight is 319 g/mol. The first-order valence-electron chi connectivity index (χ1n) is 7.40. The summed E-state index contributed by atoms with van der Waals surface area (Å²) in [5.74, 6) is 0.130. The Kier molecular flexibility index (Phi) is 6.03. The highest BCUT2D eigenvalue weighted by atomic mass is 32.1. The lowest BCUT2D eigenvalue weighted by Gasteiger charge is -2.21. The Labute approximate surface area is 134 Å². The van der Waals surface area contributed by atoms with Crippen molar-refractivity contribution in [2.75, 3.05) is 6.61 Å². The molecule has 118 valence electrons. The first kappa shape index (κ1) is 16.6. The van der Waals surface area contributed by atoms with E-state index in [2.05, 4.69) is 15.3 Å². The van der Waals surface area contributed by atoms with E-state index in [0.29, 0.717) is 0 Å². The van der Waals surface area contributed by atoms with Crippen molar-refractivity contribution >= 4 is 17.2 Å². The molecule has 22 heavy (non-hydrogen) atoms. The molecule has 2 N–H and O–H groups in total. The maximum Gasteiger partial charge on any atom is 0.226 e. The van der Waals surface area contributed by atoms with Crippen LogP contribution in [0.1, 0.15) is 26.0 Å². The van der Waals surface area contributed by atoms with Crippen LogP contribution in [0.4, 0.5) is 0 Å². The lowest BCUT2D eigenvalue weighted by molar-refractivity contribution is -0.121. The molecule has 0 radical (unpaired) electrons. The van der Waals surface area contributed by atoms with Crippen molar-refractivity contribution < 1.29 is 9.90 Å². The molecule has 0 saturated heterocycles. The zero-order valence-electron chi connectivity index (χ0n) is 12.8. The average Bonchev–Trinajstić information content (AvgIpc) is 3.01. The Morgan fingerprint density at radius 2 is 2.27 bits per heavy atom. The van der Waals surface area contributed by atoms with Crippen molar-refractivity contribution in [2.45, 2.75) is 32.7 Å². The lowest BCUT2D eigenvalue weighted by atomic mass is 10.00. The predicted octanol–water partition coefficient (Wildman–Crippen LogP) is 2.27. The second kappa shape index (κ2) is 8.00. The van der Waals surface area contributed by atoms with E-state index in [4.69, 9.17) is 0 Å². The molecule has 0 saturated carbocycles. The molecule has 2 aromatic heterocycles. The summed E-state index contributed by atoms with van der Waals surface area (Å²) in [6, 6.07) is 5.46. The van der Waals surface area contributed by atoms with E-state index in [1.54, 1.807) is 6.20 Å². The van der Waals surface area contributed by atoms with E-state index >= 15 is 0 Å². The highest BCUT2D eigenvalue weighted by Gasteiger charge is 2.18. The minimum absolute atomic E-state index is 0.0446. The summed E-state index contributed by atoms with van der Waals surface area (Å²) in [7, 11) is 0. The number of aliphatic hydroxyl groups excluding tert-OH is 1. The normalized spacial score (nSPS) is 13.6. The van der Waals surface area contributed by atoms with Crippen LogP contribution in [0.15, 0.2) is 29.8 Å². The number of pyridine rings is 1. The van der Waals surface area contributed by atoms with Gasteiger partial charge in [-0.05, 0) is 18.1 Å². The number of thiazole rings is 1. The summed E-state index contributed by atoms with van der Waals surface area (Å²) in [6.45, 7) is 4.01. The number of hydrogen-bond donors (Lipinski definition) is 2. The van der Waals surface area contributed by atoms with Gasteiger partial charge < -0.3 is 10.4 Å². The fourth-order valence-electron chi connectivity index (χ4n) is 2.07. The Morgan fingerprint density at radius 3 is 2.91 bits per heavy atom. The molecule has 0 unspecified atom stereocenters. The zero-order chi connectivity index (χ0) is 15.9. The van der Waals surface area contributed by atoms with Crippen LogP contribution in [0.5, 0.6) is 0 Å². The van der Waals surface area contributed by atoms with Crippen LogP contribution in [-0.2, 0) is 11.2 Å². The van der Waals surface area contributed by atoms with Crippen molar-refractivity contribution in [3.63, 3.8) is 0 Å². The van der Waals surface area contributed by atoms with Crippen LogP contribution in [0.25, 0.3) is 10.7 Å². The maximum atomic E-state index is 12.1. The molecular weight excluding hydrogens is 298 g/mol. The molecule has 0 fully saturated rings. The van der Waals surface area contributed by atoms with E-state index < -0.39 is 0 Å². The molecule has 0 bridgehead atoms. The van der Waals surface area contributed by atoms with Gasteiger partial charge in [-0.1, -0.05) is 26.3 Å². The molecule has 0 spiro atoms. The van der Waals surface area contributed by atoms with Crippen molar-refractivity contribution in [2.24, 2.45) is 5.92 Å². The summed E-state index contributed by atoms with van der Waals surface area (Å²) in [5, 5.41) is 14.9. The molecule has 1 amide bonds. The molecule has 2 atom stereocenters. The van der Waals surface area contributed by atoms with Crippen LogP contribution in [-0.4, -0.2) is 33.6 Å². The molecule has 2 rings (SSSR count). The largest absolute Gasteiger partial charge is 0.394 e. The third-order valence-corrected chi connectivity index (χ3v) is 4.56. The Morgan fingerprint density at radius 1 is 1.45 bits per heavy atom. The molecule has 0 aliphatic heterocycles. The monoisotopic (exact) mass is 319 g/mol. The van der Waals surface area contributed by atoms with Crippen molar-refractivity contribution in [1.82, 2.24) is 15.3 Å². The predicted molar refractivity (Wildman–Crippen MR) is 87.5 cm³/mol. The van der Waals surface area contributed by atoms with Gasteiger partial charge in [0.15, 0.2) is 0 Å². The van der Waals surface area contributed by atoms with Gasteiger partial charge in [0.1, 0.15) is 5.01 Å². The molecular formula is C16H21N3O2S. The summed E-state index contributed by atoms with van der Waals surface area (Å²) < 4.78 is 0. The van der Waals surface area contributed by atoms with E-state index in [9.17, 15) is 9.90 Å². The van der Waals surface area contributed by atoms with Gasteiger partial charge in [0.25, 0.3) is 0 Å². The van der Waals surface area contributed by atoms with E-state index in [1.807, 2.05) is 37.4 Å². The van der Waals surface area contributed by atoms with Gasteiger partial charge in [-0.3, -0.25) is 9.78 Å². The van der Waals surface area contributed by atoms with Crippen molar-refractivity contribution in [3.05, 3.63) is 35.5 Å². The first-order valence-corrected chi connectivity index (χ1v) is 8.28. The molecule has 5 nitrogen and oxygen atoms in total. The minimum Gasteiger partial charge on any atom is -0.394 e. The number of nitrogens with one attached hydrogen (secondary N) is 1. The standard InChI is InChI=1S/C16H21N3O2S/c1-3-11(2)14(9-20)19-15(21)8-12-10-22-16(18-12)13-6-4-5-7-17-13/h4-7,10-11,14,20H,3,8-9H2,1-2H3,(H,19,21)/t11-,14+/m1/s1. The molecule has 0 aromatic carbocycles. The lowest BCUT2D eigenvalue weighted by Crippen LogP contribution is -2.42. The minimum atomic E-state index is -0.202. The SMILES string of the molecule is CC[C@@H](C)[C@H](CO)NC(=O)Cc1csc(-c2ccccn2)n1. The van der Waals surface area contributed by atoms with Gasteiger partial charge in [0.2, 0.25) is 5.91 Å². The quantitative estimate of drug-likeness (QED) is 0.821. The highest BCUT2D eigenvalue weighted by molar-refractivity contribution is 7.13. The number of nitrogens with zero attached hydrogens (tertiary/aromatic N) is 2. The molecule has 2 heterocycles. The van der Waals surface area contributed by atoms with Gasteiger partial charge in [-0.2, -0.15) is 0 Å². The third kappa shape index (κ3) is 4.35. The fourth-order valence-corrected chi connectivity index (χ4v) is 2.86. The molecule has 6 heteroatoms. The highest BCUT2D eigenvalue weighted by Crippen LogP contribution is 2.21. The fraction of sp³-hybridized carbons (Fsp3) is 0.438. The van der Waals surface area contributed by atoms with Crippen molar-refractivity contribution in [1.29, 1.82) is 0 Å². The number of hydrogen-bond acceptors (Lipinski definition) is 5. The molecule has 2 aromatic rings. The Balaban J connectivity index is 1.96. The van der Waals surface area contributed by atoms with Crippen LogP contribution in [0.2, 0.25) is 0 Å². The van der Waals surface area contributed by atoms with Crippen LogP contribution < -0.4 is 5.32 Å². The number of carbonyl (C=O) groups excluding carboxylic acids is 1. The Bertz CT molecular complexity index is 600. The van der Waals surface area contributed by atoms with Crippen LogP contribution in [0.3, 0.4) is 0 Å². The smallest absolute Gasteiger partial charge is 0.226 e. The second-order valence-corrected chi connectivity index (χ2v) is 6.14. The summed E-state index contributed by atoms with van der Waals surface area (Å²) in [5.41, 5.74) is 1.54. The number of amides is 1. The Hall–Kier alpha value is -1.79. The summed E-state index contributed by atoms with van der Waals surface area (Å²) in [6.07, 6.45) is 2.85. The van der Waals surface area contributed by atoms with Gasteiger partial charge in [0.05, 0.1) is 30.5 Å². The topological polar surface area (TPSA) is 75.1 Å². The maximum absolute atomic E-state index is 12.1. The number of aliphatic hydroxyl groups is 1.